The summed E-state index contributed by atoms with van der Waals surface area (Å²) in [5, 5.41) is 5.63. The zero-order chi connectivity index (χ0) is 55.2. The van der Waals surface area contributed by atoms with Crippen LogP contribution in [0.4, 0.5) is 24.5 Å². The Kier molecular flexibility index (Phi) is 18.5. The lowest BCUT2D eigenvalue weighted by Gasteiger charge is -2.73. The maximum absolute atomic E-state index is 14.4. The fourth-order valence-corrected chi connectivity index (χ4v) is 15.3. The molecule has 2 bridgehead atoms. The number of hydrogen-bond donors (Lipinski definition) is 3. The highest BCUT2D eigenvalue weighted by Gasteiger charge is 2.68. The molecule has 20 heteroatoms. The van der Waals surface area contributed by atoms with E-state index in [1.807, 2.05) is 40.0 Å². The molecule has 3 amide bonds. The van der Waals surface area contributed by atoms with Gasteiger partial charge in [0, 0.05) is 113 Å². The number of sulfone groups is 1. The molecule has 422 valence electrons. The highest BCUT2D eigenvalue weighted by molar-refractivity contribution is 7.99. The molecular weight excluding hydrogens is 1050 g/mol. The van der Waals surface area contributed by atoms with Gasteiger partial charge in [0.25, 0.3) is 25.8 Å². The number of piperazine rings is 2. The molecule has 2 saturated heterocycles. The van der Waals surface area contributed by atoms with E-state index >= 15 is 0 Å². The number of carbonyl (C=O) groups excluding carboxylic acids is 3. The number of amides is 3. The number of nitrogens with zero attached hydrogens (tertiary/aromatic N) is 4. The zero-order valence-electron chi connectivity index (χ0n) is 45.2. The number of alkyl halides is 3. The lowest BCUT2D eigenvalue weighted by molar-refractivity contribution is -0.182. The van der Waals surface area contributed by atoms with Crippen LogP contribution in [0.5, 0.6) is 0 Å². The first-order valence-corrected chi connectivity index (χ1v) is 31.4. The van der Waals surface area contributed by atoms with E-state index in [4.69, 9.17) is 0 Å². The quantitative estimate of drug-likeness (QED) is 0.0442. The van der Waals surface area contributed by atoms with Crippen LogP contribution in [0.25, 0.3) is 0 Å². The lowest BCUT2D eigenvalue weighted by atomic mass is 9.31. The number of halogens is 3. The SMILES string of the molecule is CCC12CC(C3=C(CN4CCN(c5ccc(C(=O)NS(=O)(=O)c6ccc(N[C@H](CCN7CCN(C(=O)CCCCCCC(=O)NC)CC7)CSc7ccccc7)c(S(=O)(=O)C(F)(F)F)c6)cc5)CC4)CCC(C)(C)C3)(C1)C2. The Hall–Kier alpha value is -4.63. The molecule has 0 spiro atoms. The summed E-state index contributed by atoms with van der Waals surface area (Å²) in [5.74, 6) is -0.635. The van der Waals surface area contributed by atoms with Crippen LogP contribution >= 0.6 is 11.8 Å². The second-order valence-corrected chi connectivity index (χ2v) is 27.7. The van der Waals surface area contributed by atoms with Crippen molar-refractivity contribution in [1.29, 1.82) is 0 Å². The third kappa shape index (κ3) is 14.2. The van der Waals surface area contributed by atoms with Crippen molar-refractivity contribution < 1.29 is 44.4 Å². The number of rotatable bonds is 24. The van der Waals surface area contributed by atoms with Crippen molar-refractivity contribution in [2.45, 2.75) is 137 Å². The van der Waals surface area contributed by atoms with Gasteiger partial charge in [-0.2, -0.15) is 13.2 Å². The van der Waals surface area contributed by atoms with Crippen molar-refractivity contribution in [3.05, 3.63) is 89.5 Å². The zero-order valence-corrected chi connectivity index (χ0v) is 47.6. The smallest absolute Gasteiger partial charge is 0.380 e. The average Bonchev–Trinajstić information content (AvgIpc) is 3.47. The fourth-order valence-electron chi connectivity index (χ4n) is 12.3. The number of anilines is 2. The molecule has 14 nitrogen and oxygen atoms in total. The van der Waals surface area contributed by atoms with Gasteiger partial charge in [0.15, 0.2) is 0 Å². The first kappa shape index (κ1) is 58.5. The molecule has 77 heavy (non-hydrogen) atoms. The Morgan fingerprint density at radius 3 is 2.08 bits per heavy atom. The predicted octanol–water partition coefficient (Wildman–Crippen LogP) is 9.50. The van der Waals surface area contributed by atoms with Crippen LogP contribution < -0.4 is 20.3 Å². The van der Waals surface area contributed by atoms with E-state index in [1.165, 1.54) is 62.4 Å². The van der Waals surface area contributed by atoms with Gasteiger partial charge in [0.05, 0.1) is 10.6 Å². The topological polar surface area (TPSA) is 169 Å². The Balaban J connectivity index is 0.880. The number of hydrogen-bond acceptors (Lipinski definition) is 12. The van der Waals surface area contributed by atoms with Crippen LogP contribution in [0, 0.1) is 16.2 Å². The molecule has 0 aromatic heterocycles. The van der Waals surface area contributed by atoms with E-state index in [0.717, 1.165) is 87.5 Å². The number of thioether (sulfide) groups is 1. The van der Waals surface area contributed by atoms with Crippen LogP contribution in [-0.4, -0.2) is 139 Å². The highest BCUT2D eigenvalue weighted by Crippen LogP contribution is 2.79. The summed E-state index contributed by atoms with van der Waals surface area (Å²) in [5.41, 5.74) is -0.556. The summed E-state index contributed by atoms with van der Waals surface area (Å²) in [6.07, 6.45) is 13.4. The molecule has 6 aliphatic rings. The second kappa shape index (κ2) is 24.4. The molecule has 2 aliphatic heterocycles. The summed E-state index contributed by atoms with van der Waals surface area (Å²) in [6.45, 7) is 14.1. The molecule has 0 unspecified atom stereocenters. The third-order valence-electron chi connectivity index (χ3n) is 17.0. The number of allylic oxidation sites excluding steroid dienone is 1. The molecule has 3 N–H and O–H groups in total. The lowest BCUT2D eigenvalue weighted by Crippen LogP contribution is -2.63. The molecule has 4 aliphatic carbocycles. The van der Waals surface area contributed by atoms with Crippen LogP contribution in [0.1, 0.15) is 121 Å². The summed E-state index contributed by atoms with van der Waals surface area (Å²) in [4.78, 5) is 45.5. The van der Waals surface area contributed by atoms with Crippen LogP contribution in [0.15, 0.2) is 98.6 Å². The molecule has 1 atom stereocenters. The average molecular weight is 1130 g/mol. The molecule has 2 heterocycles. The van der Waals surface area contributed by atoms with Crippen molar-refractivity contribution in [2.24, 2.45) is 16.2 Å². The largest absolute Gasteiger partial charge is 0.501 e. The van der Waals surface area contributed by atoms with E-state index in [-0.39, 0.29) is 17.4 Å². The maximum Gasteiger partial charge on any atom is 0.501 e. The van der Waals surface area contributed by atoms with Crippen LogP contribution in [0.2, 0.25) is 0 Å². The van der Waals surface area contributed by atoms with Gasteiger partial charge in [0.2, 0.25) is 11.8 Å². The van der Waals surface area contributed by atoms with Gasteiger partial charge in [-0.1, -0.05) is 69.4 Å². The predicted molar refractivity (Wildman–Crippen MR) is 297 cm³/mol. The minimum atomic E-state index is -6.11. The fraction of sp³-hybridized carbons (Fsp3) is 0.596. The van der Waals surface area contributed by atoms with Crippen molar-refractivity contribution in [3.8, 4) is 0 Å². The minimum Gasteiger partial charge on any atom is -0.380 e. The van der Waals surface area contributed by atoms with Crippen LogP contribution in [0.3, 0.4) is 0 Å². The molecule has 3 saturated carbocycles. The molecule has 5 fully saturated rings. The first-order chi connectivity index (χ1) is 36.5. The first-order valence-electron chi connectivity index (χ1n) is 27.5. The van der Waals surface area contributed by atoms with E-state index in [0.29, 0.717) is 80.1 Å². The summed E-state index contributed by atoms with van der Waals surface area (Å²) in [7, 11) is -9.38. The van der Waals surface area contributed by atoms with Gasteiger partial charge in [0.1, 0.15) is 4.90 Å². The number of nitrogens with one attached hydrogen (secondary N) is 3. The van der Waals surface area contributed by atoms with E-state index in [2.05, 4.69) is 46.1 Å². The van der Waals surface area contributed by atoms with Gasteiger partial charge >= 0.3 is 5.51 Å². The Bertz CT molecular complexity index is 2810. The molecule has 0 radical (unpaired) electrons. The number of benzene rings is 3. The highest BCUT2D eigenvalue weighted by atomic mass is 32.2. The van der Waals surface area contributed by atoms with Gasteiger partial charge in [-0.3, -0.25) is 24.2 Å². The molecule has 3 aromatic carbocycles. The van der Waals surface area contributed by atoms with E-state index in [9.17, 15) is 44.4 Å². The Labute approximate surface area is 458 Å². The Morgan fingerprint density at radius 1 is 0.792 bits per heavy atom. The van der Waals surface area contributed by atoms with Crippen molar-refractivity contribution in [1.82, 2.24) is 24.7 Å². The monoisotopic (exact) mass is 1130 g/mol. The molecule has 9 rings (SSSR count). The minimum absolute atomic E-state index is 0.00140. The molecular formula is C57H78F3N7O7S3. The normalized spacial score (nSPS) is 22.4. The van der Waals surface area contributed by atoms with Crippen molar-refractivity contribution in [2.75, 3.05) is 88.5 Å². The third-order valence-corrected chi connectivity index (χ3v) is 21.0. The number of sulfonamides is 1. The van der Waals surface area contributed by atoms with Gasteiger partial charge in [-0.25, -0.2) is 21.6 Å². The summed E-state index contributed by atoms with van der Waals surface area (Å²) < 4.78 is 99.2. The van der Waals surface area contributed by atoms with E-state index in [1.54, 1.807) is 30.3 Å². The van der Waals surface area contributed by atoms with Crippen molar-refractivity contribution in [3.63, 3.8) is 0 Å². The van der Waals surface area contributed by atoms with Crippen LogP contribution in [-0.2, 0) is 29.4 Å². The Morgan fingerprint density at radius 2 is 1.44 bits per heavy atom. The van der Waals surface area contributed by atoms with Crippen molar-refractivity contribution >= 4 is 60.7 Å². The summed E-state index contributed by atoms with van der Waals surface area (Å²) in [6, 6.07) is 17.7. The number of unbranched alkanes of at least 4 members (excludes halogenated alkanes) is 3. The maximum atomic E-state index is 14.4. The summed E-state index contributed by atoms with van der Waals surface area (Å²) >= 11 is 1.43. The van der Waals surface area contributed by atoms with E-state index < -0.39 is 52.8 Å². The molecule has 3 aromatic rings. The second-order valence-electron chi connectivity index (χ2n) is 23.0. The standard InChI is InChI=1S/C57H78F3N7O7S3/c1-5-55-39-56(40-55,41-55)48-36-54(2,3)25-23-43(48)37-65-29-31-66(32-30-65)45-19-17-42(18-20-45)53(70)63-77(73,74)47-21-22-49(50(35-47)76(71,72)57(58,59)60)62-44(38-75-46-13-9-8-10-14-46)24-26-64-27-33-67(34-28-64)52(69)16-12-7-6-11-15-51(68)61-4/h8-10,13-14,17-22,35,44,62H,5-7,11-12,15-16,23-34,36-41H2,1-4H3,(H,61,68)(H,63,70)/t44-,55?,56?/m1/s1. The van der Waals surface area contributed by atoms with Gasteiger partial charge in [-0.05, 0) is 129 Å². The number of carbonyl (C=O) groups is 3. The van der Waals surface area contributed by atoms with Gasteiger partial charge in [-0.15, -0.1) is 11.8 Å². The van der Waals surface area contributed by atoms with Gasteiger partial charge < -0.3 is 20.4 Å².